The minimum absolute atomic E-state index is 0.274. The monoisotopic (exact) mass is 253 g/mol. The van der Waals surface area contributed by atoms with Crippen LogP contribution in [0.2, 0.25) is 0 Å². The predicted octanol–water partition coefficient (Wildman–Crippen LogP) is 0.935. The largest absolute Gasteiger partial charge is 0.465 e. The van der Waals surface area contributed by atoms with Crippen molar-refractivity contribution in [3.05, 3.63) is 23.6 Å². The number of halogens is 2. The van der Waals surface area contributed by atoms with Crippen LogP contribution < -0.4 is 0 Å². The van der Waals surface area contributed by atoms with Gasteiger partial charge in [0.15, 0.2) is 5.03 Å². The highest BCUT2D eigenvalue weighted by atomic mass is 35.7. The fraction of sp³-hybridized carbons (Fsp3) is 0.143. The van der Waals surface area contributed by atoms with E-state index in [9.17, 15) is 17.6 Å². The van der Waals surface area contributed by atoms with Crippen LogP contribution in [-0.2, 0) is 13.8 Å². The average Bonchev–Trinajstić information content (AvgIpc) is 2.14. The van der Waals surface area contributed by atoms with Crippen LogP contribution in [0.15, 0.2) is 17.2 Å². The summed E-state index contributed by atoms with van der Waals surface area (Å²) in [6.45, 7) is 0. The third-order valence-corrected chi connectivity index (χ3v) is 2.62. The Morgan fingerprint density at radius 3 is 2.60 bits per heavy atom. The van der Waals surface area contributed by atoms with Crippen molar-refractivity contribution in [2.45, 2.75) is 5.03 Å². The van der Waals surface area contributed by atoms with Crippen LogP contribution >= 0.6 is 10.7 Å². The molecule has 15 heavy (non-hydrogen) atoms. The number of carbonyl (C=O) groups excluding carboxylic acids is 1. The molecular formula is C7H5ClFNO4S. The molecule has 8 heteroatoms. The lowest BCUT2D eigenvalue weighted by molar-refractivity contribution is 0.0599. The molecule has 0 amide bonds. The van der Waals surface area contributed by atoms with Gasteiger partial charge >= 0.3 is 5.97 Å². The van der Waals surface area contributed by atoms with Crippen LogP contribution in [0.4, 0.5) is 4.39 Å². The van der Waals surface area contributed by atoms with Crippen molar-refractivity contribution in [3.63, 3.8) is 0 Å². The van der Waals surface area contributed by atoms with Crippen molar-refractivity contribution in [1.29, 1.82) is 0 Å². The third kappa shape index (κ3) is 2.87. The molecule has 0 aliphatic carbocycles. The molecule has 0 saturated heterocycles. The maximum Gasteiger partial charge on any atom is 0.338 e. The van der Waals surface area contributed by atoms with Crippen LogP contribution in [-0.4, -0.2) is 26.5 Å². The van der Waals surface area contributed by atoms with Crippen molar-refractivity contribution in [2.75, 3.05) is 7.11 Å². The molecule has 1 heterocycles. The van der Waals surface area contributed by atoms with Crippen LogP contribution in [0.5, 0.6) is 0 Å². The summed E-state index contributed by atoms with van der Waals surface area (Å²) < 4.78 is 38.8. The minimum Gasteiger partial charge on any atom is -0.465 e. The maximum atomic E-state index is 12.8. The van der Waals surface area contributed by atoms with Gasteiger partial charge in [-0.2, -0.15) is 4.39 Å². The van der Waals surface area contributed by atoms with Gasteiger partial charge in [-0.15, -0.1) is 0 Å². The highest BCUT2D eigenvalue weighted by molar-refractivity contribution is 8.13. The molecule has 0 aliphatic rings. The predicted molar refractivity (Wildman–Crippen MR) is 48.6 cm³/mol. The first-order valence-corrected chi connectivity index (χ1v) is 5.86. The number of ether oxygens (including phenoxy) is 1. The fourth-order valence-corrected chi connectivity index (χ4v) is 1.53. The molecule has 1 aromatic rings. The van der Waals surface area contributed by atoms with Gasteiger partial charge in [-0.1, -0.05) is 0 Å². The van der Waals surface area contributed by atoms with Crippen LogP contribution in [0, 0.1) is 5.95 Å². The van der Waals surface area contributed by atoms with E-state index in [1.165, 1.54) is 0 Å². The van der Waals surface area contributed by atoms with Gasteiger partial charge in [-0.25, -0.2) is 18.2 Å². The quantitative estimate of drug-likeness (QED) is 0.445. The Labute approximate surface area is 89.3 Å². The number of aromatic nitrogens is 1. The molecule has 0 N–H and O–H groups in total. The second-order valence-corrected chi connectivity index (χ2v) is 4.96. The van der Waals surface area contributed by atoms with Gasteiger partial charge in [0.1, 0.15) is 0 Å². The number of nitrogens with zero attached hydrogens (tertiary/aromatic N) is 1. The Balaban J connectivity index is 3.35. The number of hydrogen-bond acceptors (Lipinski definition) is 5. The summed E-state index contributed by atoms with van der Waals surface area (Å²) in [5.41, 5.74) is -0.274. The average molecular weight is 254 g/mol. The topological polar surface area (TPSA) is 73.3 Å². The van der Waals surface area contributed by atoms with Crippen LogP contribution in [0.25, 0.3) is 0 Å². The summed E-state index contributed by atoms with van der Waals surface area (Å²) in [6, 6.07) is 1.58. The summed E-state index contributed by atoms with van der Waals surface area (Å²) >= 11 is 0. The Kier molecular flexibility index (Phi) is 3.25. The maximum absolute atomic E-state index is 12.8. The van der Waals surface area contributed by atoms with Gasteiger partial charge in [0.25, 0.3) is 9.05 Å². The first-order chi connectivity index (χ1) is 6.84. The van der Waals surface area contributed by atoms with E-state index >= 15 is 0 Å². The minimum atomic E-state index is -4.18. The Bertz CT molecular complexity index is 502. The summed E-state index contributed by atoms with van der Waals surface area (Å²) in [5.74, 6) is -2.00. The Morgan fingerprint density at radius 2 is 2.13 bits per heavy atom. The summed E-state index contributed by atoms with van der Waals surface area (Å²) in [4.78, 5) is 14.0. The first-order valence-electron chi connectivity index (χ1n) is 3.55. The summed E-state index contributed by atoms with van der Waals surface area (Å²) in [5, 5.41) is -0.732. The zero-order chi connectivity index (χ0) is 11.6. The SMILES string of the molecule is COC(=O)c1cc(F)nc(S(=O)(=O)Cl)c1. The van der Waals surface area contributed by atoms with Crippen molar-refractivity contribution in [3.8, 4) is 0 Å². The van der Waals surface area contributed by atoms with E-state index in [-0.39, 0.29) is 5.56 Å². The lowest BCUT2D eigenvalue weighted by Crippen LogP contribution is -2.06. The second-order valence-electron chi connectivity index (χ2n) is 2.45. The standard InChI is InChI=1S/C7H5ClFNO4S/c1-14-7(11)4-2-5(9)10-6(3-4)15(8,12)13/h2-3H,1H3. The molecule has 82 valence electrons. The molecule has 0 bridgehead atoms. The summed E-state index contributed by atoms with van der Waals surface area (Å²) in [6.07, 6.45) is 0. The number of hydrogen-bond donors (Lipinski definition) is 0. The van der Waals surface area contributed by atoms with E-state index in [1.54, 1.807) is 0 Å². The van der Waals surface area contributed by atoms with E-state index in [0.29, 0.717) is 0 Å². The lowest BCUT2D eigenvalue weighted by atomic mass is 10.3. The third-order valence-electron chi connectivity index (χ3n) is 1.44. The van der Waals surface area contributed by atoms with Crippen LogP contribution in [0.3, 0.4) is 0 Å². The van der Waals surface area contributed by atoms with E-state index in [0.717, 1.165) is 19.2 Å². The van der Waals surface area contributed by atoms with E-state index in [1.807, 2.05) is 0 Å². The fourth-order valence-electron chi connectivity index (χ4n) is 0.833. The van der Waals surface area contributed by atoms with E-state index in [4.69, 9.17) is 10.7 Å². The highest BCUT2D eigenvalue weighted by Crippen LogP contribution is 2.15. The molecule has 0 radical (unpaired) electrons. The molecule has 0 fully saturated rings. The van der Waals surface area contributed by atoms with Gasteiger partial charge in [0, 0.05) is 16.7 Å². The molecular weight excluding hydrogens is 249 g/mol. The summed E-state index contributed by atoms with van der Waals surface area (Å²) in [7, 11) is 1.84. The molecule has 0 unspecified atom stereocenters. The van der Waals surface area contributed by atoms with Crippen molar-refractivity contribution >= 4 is 25.7 Å². The molecule has 0 aromatic carbocycles. The molecule has 0 atom stereocenters. The smallest absolute Gasteiger partial charge is 0.338 e. The molecule has 1 rings (SSSR count). The van der Waals surface area contributed by atoms with Gasteiger partial charge in [-0.05, 0) is 6.07 Å². The van der Waals surface area contributed by atoms with E-state index in [2.05, 4.69) is 9.72 Å². The van der Waals surface area contributed by atoms with Crippen molar-refractivity contribution in [2.24, 2.45) is 0 Å². The molecule has 0 saturated carbocycles. The van der Waals surface area contributed by atoms with Gasteiger partial charge in [0.05, 0.1) is 12.7 Å². The Morgan fingerprint density at radius 1 is 1.53 bits per heavy atom. The van der Waals surface area contributed by atoms with Crippen molar-refractivity contribution < 1.29 is 22.3 Å². The number of methoxy groups -OCH3 is 1. The lowest BCUT2D eigenvalue weighted by Gasteiger charge is -2.01. The number of pyridine rings is 1. The van der Waals surface area contributed by atoms with Gasteiger partial charge in [0.2, 0.25) is 5.95 Å². The van der Waals surface area contributed by atoms with Crippen molar-refractivity contribution in [1.82, 2.24) is 4.98 Å². The number of rotatable bonds is 2. The zero-order valence-corrected chi connectivity index (χ0v) is 8.97. The highest BCUT2D eigenvalue weighted by Gasteiger charge is 2.17. The van der Waals surface area contributed by atoms with E-state index < -0.39 is 26.0 Å². The molecule has 5 nitrogen and oxygen atoms in total. The molecule has 0 aliphatic heterocycles. The number of carbonyl (C=O) groups is 1. The van der Waals surface area contributed by atoms with Gasteiger partial charge < -0.3 is 4.74 Å². The van der Waals surface area contributed by atoms with Crippen LogP contribution in [0.1, 0.15) is 10.4 Å². The zero-order valence-electron chi connectivity index (χ0n) is 7.40. The number of esters is 1. The Hall–Kier alpha value is -1.21. The normalized spacial score (nSPS) is 11.1. The first kappa shape index (κ1) is 11.9. The molecule has 0 spiro atoms. The second kappa shape index (κ2) is 4.11. The van der Waals surface area contributed by atoms with Gasteiger partial charge in [-0.3, -0.25) is 0 Å². The molecule has 1 aromatic heterocycles.